The average Bonchev–Trinajstić information content (AvgIpc) is 2.58. The monoisotopic (exact) mass is 276 g/mol. The maximum atomic E-state index is 13.1. The van der Waals surface area contributed by atoms with Gasteiger partial charge in [-0.2, -0.15) is 4.31 Å². The van der Waals surface area contributed by atoms with E-state index in [2.05, 4.69) is 0 Å². The molecule has 0 spiro atoms. The first-order valence-corrected chi connectivity index (χ1v) is 6.96. The van der Waals surface area contributed by atoms with E-state index in [4.69, 9.17) is 5.73 Å². The lowest BCUT2D eigenvalue weighted by Crippen LogP contribution is -2.32. The summed E-state index contributed by atoms with van der Waals surface area (Å²) < 4.78 is 51.6. The molecule has 0 bridgehead atoms. The van der Waals surface area contributed by atoms with Crippen molar-refractivity contribution >= 4 is 10.0 Å². The molecule has 1 aliphatic heterocycles. The van der Waals surface area contributed by atoms with E-state index in [9.17, 15) is 17.2 Å². The number of nitrogens with zero attached hydrogens (tertiary/aromatic N) is 1. The Morgan fingerprint density at radius 1 is 1.22 bits per heavy atom. The second kappa shape index (κ2) is 4.56. The normalized spacial score (nSPS) is 25.6. The lowest BCUT2D eigenvalue weighted by molar-refractivity contribution is 0.462. The highest BCUT2D eigenvalue weighted by Crippen LogP contribution is 2.24. The Balaban J connectivity index is 2.37. The molecule has 1 aliphatic rings. The molecule has 4 nitrogen and oxygen atoms in total. The number of benzene rings is 1. The van der Waals surface area contributed by atoms with Crippen molar-refractivity contribution < 1.29 is 17.2 Å². The summed E-state index contributed by atoms with van der Waals surface area (Å²) >= 11 is 0. The van der Waals surface area contributed by atoms with E-state index in [1.807, 2.05) is 6.92 Å². The van der Waals surface area contributed by atoms with Crippen LogP contribution in [-0.2, 0) is 10.0 Å². The molecule has 0 radical (unpaired) electrons. The Morgan fingerprint density at radius 3 is 2.22 bits per heavy atom. The SMILES string of the molecule is CC1CN(S(=O)(=O)c2cc(F)cc(F)c2)CC1N. The first-order valence-electron chi connectivity index (χ1n) is 5.52. The fourth-order valence-corrected chi connectivity index (χ4v) is 3.59. The zero-order valence-electron chi connectivity index (χ0n) is 9.81. The minimum atomic E-state index is -3.88. The summed E-state index contributed by atoms with van der Waals surface area (Å²) in [5, 5.41) is 0. The molecule has 1 heterocycles. The van der Waals surface area contributed by atoms with E-state index in [-0.39, 0.29) is 29.9 Å². The van der Waals surface area contributed by atoms with Gasteiger partial charge < -0.3 is 5.73 Å². The van der Waals surface area contributed by atoms with Crippen molar-refractivity contribution in [3.05, 3.63) is 29.8 Å². The summed E-state index contributed by atoms with van der Waals surface area (Å²) in [7, 11) is -3.88. The van der Waals surface area contributed by atoms with Gasteiger partial charge in [0, 0.05) is 25.2 Å². The van der Waals surface area contributed by atoms with Crippen LogP contribution < -0.4 is 5.73 Å². The topological polar surface area (TPSA) is 63.4 Å². The van der Waals surface area contributed by atoms with Crippen LogP contribution in [0.5, 0.6) is 0 Å². The first-order chi connectivity index (χ1) is 8.30. The summed E-state index contributed by atoms with van der Waals surface area (Å²) in [4.78, 5) is -0.374. The molecule has 7 heteroatoms. The van der Waals surface area contributed by atoms with Gasteiger partial charge in [-0.15, -0.1) is 0 Å². The lowest BCUT2D eigenvalue weighted by Gasteiger charge is -2.16. The quantitative estimate of drug-likeness (QED) is 0.874. The van der Waals surface area contributed by atoms with Gasteiger partial charge >= 0.3 is 0 Å². The van der Waals surface area contributed by atoms with E-state index < -0.39 is 21.7 Å². The fourth-order valence-electron chi connectivity index (χ4n) is 1.97. The van der Waals surface area contributed by atoms with E-state index in [1.54, 1.807) is 0 Å². The minimum Gasteiger partial charge on any atom is -0.326 e. The predicted octanol–water partition coefficient (Wildman–Crippen LogP) is 0.933. The fraction of sp³-hybridized carbons (Fsp3) is 0.455. The summed E-state index contributed by atoms with van der Waals surface area (Å²) in [6.07, 6.45) is 0. The molecule has 1 aromatic carbocycles. The Morgan fingerprint density at radius 2 is 1.78 bits per heavy atom. The molecule has 1 fully saturated rings. The first kappa shape index (κ1) is 13.4. The Kier molecular flexibility index (Phi) is 3.39. The van der Waals surface area contributed by atoms with Gasteiger partial charge in [-0.25, -0.2) is 17.2 Å². The van der Waals surface area contributed by atoms with Crippen LogP contribution in [0.1, 0.15) is 6.92 Å². The number of nitrogens with two attached hydrogens (primary N) is 1. The molecule has 18 heavy (non-hydrogen) atoms. The summed E-state index contributed by atoms with van der Waals surface area (Å²) in [6, 6.07) is 2.01. The molecular weight excluding hydrogens is 262 g/mol. The molecule has 0 saturated carbocycles. The molecule has 1 saturated heterocycles. The molecule has 100 valence electrons. The summed E-state index contributed by atoms with van der Waals surface area (Å²) in [5.74, 6) is -1.80. The molecule has 1 aromatic rings. The Hall–Kier alpha value is -1.05. The van der Waals surface area contributed by atoms with Gasteiger partial charge in [0.2, 0.25) is 10.0 Å². The smallest absolute Gasteiger partial charge is 0.243 e. The highest BCUT2D eigenvalue weighted by atomic mass is 32.2. The number of halogens is 2. The van der Waals surface area contributed by atoms with Crippen LogP contribution in [0.25, 0.3) is 0 Å². The van der Waals surface area contributed by atoms with Crippen LogP contribution in [0.15, 0.2) is 23.1 Å². The zero-order valence-corrected chi connectivity index (χ0v) is 10.6. The minimum absolute atomic E-state index is 0.0261. The number of hydrogen-bond donors (Lipinski definition) is 1. The highest BCUT2D eigenvalue weighted by molar-refractivity contribution is 7.89. The van der Waals surface area contributed by atoms with E-state index in [1.165, 1.54) is 0 Å². The summed E-state index contributed by atoms with van der Waals surface area (Å²) in [6.45, 7) is 2.27. The van der Waals surface area contributed by atoms with Gasteiger partial charge in [0.25, 0.3) is 0 Å². The molecule has 2 atom stereocenters. The summed E-state index contributed by atoms with van der Waals surface area (Å²) in [5.41, 5.74) is 5.75. The maximum absolute atomic E-state index is 13.1. The van der Waals surface area contributed by atoms with E-state index in [0.29, 0.717) is 6.07 Å². The Labute approximate surface area is 104 Å². The molecule has 0 amide bonds. The third kappa shape index (κ3) is 2.38. The maximum Gasteiger partial charge on any atom is 0.243 e. The predicted molar refractivity (Wildman–Crippen MR) is 62.3 cm³/mol. The largest absolute Gasteiger partial charge is 0.326 e. The second-order valence-corrected chi connectivity index (χ2v) is 6.51. The van der Waals surface area contributed by atoms with Gasteiger partial charge in [-0.3, -0.25) is 0 Å². The molecule has 0 aliphatic carbocycles. The molecule has 2 unspecified atom stereocenters. The van der Waals surface area contributed by atoms with Crippen molar-refractivity contribution in [2.24, 2.45) is 11.7 Å². The highest BCUT2D eigenvalue weighted by Gasteiger charge is 2.35. The number of rotatable bonds is 2. The van der Waals surface area contributed by atoms with Gasteiger partial charge in [-0.1, -0.05) is 6.92 Å². The Bertz CT molecular complexity index is 532. The zero-order chi connectivity index (χ0) is 13.5. The van der Waals surface area contributed by atoms with Crippen LogP contribution in [0, 0.1) is 17.6 Å². The van der Waals surface area contributed by atoms with E-state index >= 15 is 0 Å². The lowest BCUT2D eigenvalue weighted by atomic mass is 10.1. The second-order valence-electron chi connectivity index (χ2n) is 4.57. The van der Waals surface area contributed by atoms with Crippen molar-refractivity contribution in [1.82, 2.24) is 4.31 Å². The van der Waals surface area contributed by atoms with Crippen molar-refractivity contribution in [3.8, 4) is 0 Å². The van der Waals surface area contributed by atoms with Crippen LogP contribution in [-0.4, -0.2) is 31.9 Å². The van der Waals surface area contributed by atoms with Gasteiger partial charge in [0.15, 0.2) is 0 Å². The number of hydrogen-bond acceptors (Lipinski definition) is 3. The molecule has 2 N–H and O–H groups in total. The van der Waals surface area contributed by atoms with Crippen LogP contribution in [0.3, 0.4) is 0 Å². The van der Waals surface area contributed by atoms with Crippen molar-refractivity contribution in [2.75, 3.05) is 13.1 Å². The van der Waals surface area contributed by atoms with Crippen molar-refractivity contribution in [2.45, 2.75) is 17.9 Å². The van der Waals surface area contributed by atoms with Gasteiger partial charge in [0.1, 0.15) is 11.6 Å². The van der Waals surface area contributed by atoms with Gasteiger partial charge in [0.05, 0.1) is 4.90 Å². The van der Waals surface area contributed by atoms with Crippen LogP contribution in [0.4, 0.5) is 8.78 Å². The molecule has 2 rings (SSSR count). The van der Waals surface area contributed by atoms with Crippen molar-refractivity contribution in [3.63, 3.8) is 0 Å². The van der Waals surface area contributed by atoms with Crippen LogP contribution in [0.2, 0.25) is 0 Å². The van der Waals surface area contributed by atoms with Gasteiger partial charge in [-0.05, 0) is 18.1 Å². The third-order valence-electron chi connectivity index (χ3n) is 3.11. The standard InChI is InChI=1S/C11H14F2N2O2S/c1-7-5-15(6-11(7)14)18(16,17)10-3-8(12)2-9(13)4-10/h2-4,7,11H,5-6,14H2,1H3. The van der Waals surface area contributed by atoms with Crippen molar-refractivity contribution in [1.29, 1.82) is 0 Å². The van der Waals surface area contributed by atoms with E-state index in [0.717, 1.165) is 16.4 Å². The average molecular weight is 276 g/mol. The number of sulfonamides is 1. The molecule has 0 aromatic heterocycles. The van der Waals surface area contributed by atoms with Crippen LogP contribution >= 0.6 is 0 Å². The molecular formula is C11H14F2N2O2S. The third-order valence-corrected chi connectivity index (χ3v) is 4.92.